The second-order valence-corrected chi connectivity index (χ2v) is 7.97. The van der Waals surface area contributed by atoms with Crippen molar-refractivity contribution in [3.05, 3.63) is 76.2 Å². The number of urea groups is 1. The van der Waals surface area contributed by atoms with Gasteiger partial charge in [0.25, 0.3) is 5.56 Å². The van der Waals surface area contributed by atoms with Crippen molar-refractivity contribution in [2.24, 2.45) is 0 Å². The predicted molar refractivity (Wildman–Crippen MR) is 123 cm³/mol. The molecule has 10 nitrogen and oxygen atoms in total. The molecule has 1 aromatic heterocycles. The highest BCUT2D eigenvalue weighted by Gasteiger charge is 2.40. The van der Waals surface area contributed by atoms with Gasteiger partial charge in [0.05, 0.1) is 17.5 Å². The number of methoxy groups -OCH3 is 1. The minimum atomic E-state index is -0.886. The number of aromatic nitrogens is 3. The van der Waals surface area contributed by atoms with Gasteiger partial charge in [-0.1, -0.05) is 11.6 Å². The molecule has 0 bridgehead atoms. The summed E-state index contributed by atoms with van der Waals surface area (Å²) in [7, 11) is 1.49. The first-order valence-electron chi connectivity index (χ1n) is 10.2. The lowest BCUT2D eigenvalue weighted by molar-refractivity contribution is -0.119. The summed E-state index contributed by atoms with van der Waals surface area (Å²) in [5.41, 5.74) is 0.157. The van der Waals surface area contributed by atoms with Gasteiger partial charge >= 0.3 is 6.03 Å². The van der Waals surface area contributed by atoms with E-state index in [1.54, 1.807) is 24.3 Å². The van der Waals surface area contributed by atoms with E-state index in [0.29, 0.717) is 10.7 Å². The molecule has 0 unspecified atom stereocenters. The fourth-order valence-corrected chi connectivity index (χ4v) is 3.74. The molecule has 1 saturated heterocycles. The SMILES string of the molecule is CO[C@@H]1C[C@H](C(=O)Nc2ccc(-n3cnncc3=O)cc2F)N(C(=O)Nc2ccc(Cl)cc2)C1. The third kappa shape index (κ3) is 5.05. The van der Waals surface area contributed by atoms with Crippen LogP contribution in [0.4, 0.5) is 20.6 Å². The Morgan fingerprint density at radius 3 is 2.59 bits per heavy atom. The van der Waals surface area contributed by atoms with Crippen molar-refractivity contribution in [3.63, 3.8) is 0 Å². The Bertz CT molecular complexity index is 1270. The first-order valence-corrected chi connectivity index (χ1v) is 10.6. The number of likely N-dealkylation sites (tertiary alicyclic amines) is 1. The highest BCUT2D eigenvalue weighted by Crippen LogP contribution is 2.25. The van der Waals surface area contributed by atoms with E-state index in [1.165, 1.54) is 24.1 Å². The molecule has 34 heavy (non-hydrogen) atoms. The maximum atomic E-state index is 14.7. The number of anilines is 2. The van der Waals surface area contributed by atoms with Crippen LogP contribution in [-0.2, 0) is 9.53 Å². The Morgan fingerprint density at radius 2 is 1.91 bits per heavy atom. The van der Waals surface area contributed by atoms with Gasteiger partial charge in [-0.25, -0.2) is 9.18 Å². The number of halogens is 2. The van der Waals surface area contributed by atoms with Crippen LogP contribution in [-0.4, -0.2) is 57.4 Å². The molecule has 2 N–H and O–H groups in total. The normalized spacial score (nSPS) is 17.4. The van der Waals surface area contributed by atoms with Crippen LogP contribution >= 0.6 is 11.6 Å². The number of nitrogens with one attached hydrogen (secondary N) is 2. The summed E-state index contributed by atoms with van der Waals surface area (Å²) < 4.78 is 21.2. The van der Waals surface area contributed by atoms with Crippen LogP contribution in [0.2, 0.25) is 5.02 Å². The molecule has 1 aliphatic heterocycles. The largest absolute Gasteiger partial charge is 0.380 e. The Kier molecular flexibility index (Phi) is 6.85. The Hall–Kier alpha value is -3.83. The molecule has 0 radical (unpaired) electrons. The van der Waals surface area contributed by atoms with Gasteiger partial charge in [-0.05, 0) is 36.4 Å². The number of amides is 3. The molecule has 176 valence electrons. The second kappa shape index (κ2) is 9.98. The maximum absolute atomic E-state index is 14.7. The number of hydrogen-bond donors (Lipinski definition) is 2. The minimum absolute atomic E-state index is 0.0947. The smallest absolute Gasteiger partial charge is 0.322 e. The summed E-state index contributed by atoms with van der Waals surface area (Å²) in [5, 5.41) is 12.8. The van der Waals surface area contributed by atoms with E-state index in [0.717, 1.165) is 23.2 Å². The quantitative estimate of drug-likeness (QED) is 0.572. The zero-order valence-electron chi connectivity index (χ0n) is 17.9. The Morgan fingerprint density at radius 1 is 1.15 bits per heavy atom. The van der Waals surface area contributed by atoms with Crippen LogP contribution in [0.1, 0.15) is 6.42 Å². The van der Waals surface area contributed by atoms with Gasteiger partial charge in [-0.15, -0.1) is 5.10 Å². The third-order valence-corrected chi connectivity index (χ3v) is 5.64. The topological polar surface area (TPSA) is 118 Å². The molecule has 2 aromatic carbocycles. The highest BCUT2D eigenvalue weighted by molar-refractivity contribution is 6.30. The van der Waals surface area contributed by atoms with E-state index in [1.807, 2.05) is 0 Å². The van der Waals surface area contributed by atoms with E-state index in [4.69, 9.17) is 16.3 Å². The van der Waals surface area contributed by atoms with Crippen molar-refractivity contribution in [3.8, 4) is 5.69 Å². The fourth-order valence-electron chi connectivity index (χ4n) is 3.62. The van der Waals surface area contributed by atoms with E-state index >= 15 is 0 Å². The average molecular weight is 487 g/mol. The van der Waals surface area contributed by atoms with Crippen molar-refractivity contribution in [2.75, 3.05) is 24.3 Å². The zero-order valence-corrected chi connectivity index (χ0v) is 18.7. The lowest BCUT2D eigenvalue weighted by Gasteiger charge is -2.24. The number of nitrogens with zero attached hydrogens (tertiary/aromatic N) is 4. The third-order valence-electron chi connectivity index (χ3n) is 5.38. The first-order chi connectivity index (χ1) is 16.4. The van der Waals surface area contributed by atoms with Crippen LogP contribution in [0.15, 0.2) is 59.8 Å². The molecule has 3 amide bonds. The first kappa shape index (κ1) is 23.3. The molecule has 0 aliphatic carbocycles. The Balaban J connectivity index is 1.50. The monoisotopic (exact) mass is 486 g/mol. The van der Waals surface area contributed by atoms with Crippen molar-refractivity contribution in [2.45, 2.75) is 18.6 Å². The van der Waals surface area contributed by atoms with Crippen LogP contribution in [0, 0.1) is 5.82 Å². The van der Waals surface area contributed by atoms with Gasteiger partial charge in [-0.2, -0.15) is 5.10 Å². The lowest BCUT2D eigenvalue weighted by Crippen LogP contribution is -2.45. The van der Waals surface area contributed by atoms with Crippen molar-refractivity contribution in [1.82, 2.24) is 19.7 Å². The number of rotatable bonds is 5. The Labute approximate surface area is 198 Å². The predicted octanol–water partition coefficient (Wildman–Crippen LogP) is 2.68. The summed E-state index contributed by atoms with van der Waals surface area (Å²) >= 11 is 5.87. The molecule has 1 aliphatic rings. The lowest BCUT2D eigenvalue weighted by atomic mass is 10.1. The molecule has 3 aromatic rings. The van der Waals surface area contributed by atoms with E-state index < -0.39 is 29.4 Å². The summed E-state index contributed by atoms with van der Waals surface area (Å²) in [6.45, 7) is 0.188. The number of carbonyl (C=O) groups is 2. The summed E-state index contributed by atoms with van der Waals surface area (Å²) in [6, 6.07) is 9.04. The molecule has 1 fully saturated rings. The number of hydrogen-bond acceptors (Lipinski definition) is 6. The van der Waals surface area contributed by atoms with Crippen LogP contribution in [0.5, 0.6) is 0 Å². The average Bonchev–Trinajstić information content (AvgIpc) is 3.27. The standard InChI is InChI=1S/C22H20ClFN6O4/c1-34-16-9-19(29(11-16)22(33)27-14-4-2-13(23)3-5-14)21(32)28-18-7-6-15(8-17(18)24)30-12-26-25-10-20(30)31/h2-8,10,12,16,19H,9,11H2,1H3,(H,27,33)(H,28,32)/t16-,19-/m1/s1. The molecule has 2 atom stereocenters. The van der Waals surface area contributed by atoms with Crippen LogP contribution in [0.3, 0.4) is 0 Å². The number of ether oxygens (including phenoxy) is 1. The second-order valence-electron chi connectivity index (χ2n) is 7.54. The van der Waals surface area contributed by atoms with Gasteiger partial charge in [0.15, 0.2) is 0 Å². The summed E-state index contributed by atoms with van der Waals surface area (Å²) in [6.07, 6.45) is 2.05. The number of benzene rings is 2. The summed E-state index contributed by atoms with van der Waals surface area (Å²) in [5.74, 6) is -1.33. The molecular weight excluding hydrogens is 467 g/mol. The van der Waals surface area contributed by atoms with Gasteiger partial charge in [0, 0.05) is 36.9 Å². The molecule has 0 saturated carbocycles. The minimum Gasteiger partial charge on any atom is -0.380 e. The maximum Gasteiger partial charge on any atom is 0.322 e. The molecule has 12 heteroatoms. The van der Waals surface area contributed by atoms with Gasteiger partial charge in [0.2, 0.25) is 5.91 Å². The van der Waals surface area contributed by atoms with Crippen molar-refractivity contribution >= 4 is 34.9 Å². The molecule has 4 rings (SSSR count). The van der Waals surface area contributed by atoms with Gasteiger partial charge in [0.1, 0.15) is 24.4 Å². The molecule has 2 heterocycles. The number of carbonyl (C=O) groups excluding carboxylic acids is 2. The molecular formula is C22H20ClFN6O4. The van der Waals surface area contributed by atoms with E-state index in [9.17, 15) is 18.8 Å². The van der Waals surface area contributed by atoms with Gasteiger partial charge < -0.3 is 20.3 Å². The van der Waals surface area contributed by atoms with E-state index in [2.05, 4.69) is 20.8 Å². The van der Waals surface area contributed by atoms with Crippen LogP contribution in [0.25, 0.3) is 5.69 Å². The van der Waals surface area contributed by atoms with Crippen molar-refractivity contribution in [1.29, 1.82) is 0 Å². The molecule has 0 spiro atoms. The van der Waals surface area contributed by atoms with Crippen molar-refractivity contribution < 1.29 is 18.7 Å². The zero-order chi connectivity index (χ0) is 24.2. The van der Waals surface area contributed by atoms with Crippen LogP contribution < -0.4 is 16.2 Å². The summed E-state index contributed by atoms with van der Waals surface area (Å²) in [4.78, 5) is 39.1. The highest BCUT2D eigenvalue weighted by atomic mass is 35.5. The fraction of sp³-hybridized carbons (Fsp3) is 0.227. The van der Waals surface area contributed by atoms with E-state index in [-0.39, 0.29) is 30.4 Å². The van der Waals surface area contributed by atoms with Gasteiger partial charge in [-0.3, -0.25) is 14.2 Å².